The Labute approximate surface area is 104 Å². The molecule has 0 aromatic carbocycles. The minimum absolute atomic E-state index is 0.549. The quantitative estimate of drug-likeness (QED) is 0.708. The van der Waals surface area contributed by atoms with Crippen molar-refractivity contribution in [1.29, 1.82) is 0 Å². The molecule has 3 heteroatoms. The number of carboxylic acids is 1. The highest BCUT2D eigenvalue weighted by molar-refractivity contribution is 5.74. The van der Waals surface area contributed by atoms with Gasteiger partial charge in [0, 0.05) is 19.1 Å². The summed E-state index contributed by atoms with van der Waals surface area (Å²) in [7, 11) is 0. The Kier molecular flexibility index (Phi) is 3.76. The molecule has 0 saturated heterocycles. The van der Waals surface area contributed by atoms with Crippen molar-refractivity contribution in [1.82, 2.24) is 4.90 Å². The summed E-state index contributed by atoms with van der Waals surface area (Å²) in [5.74, 6) is 0.232. The van der Waals surface area contributed by atoms with Gasteiger partial charge in [0.05, 0.1) is 5.41 Å². The van der Waals surface area contributed by atoms with Crippen LogP contribution in [-0.2, 0) is 4.79 Å². The number of rotatable bonds is 8. The first-order valence-electron chi connectivity index (χ1n) is 7.02. The van der Waals surface area contributed by atoms with Gasteiger partial charge >= 0.3 is 5.97 Å². The Morgan fingerprint density at radius 3 is 2.41 bits per heavy atom. The highest BCUT2D eigenvalue weighted by atomic mass is 16.4. The topological polar surface area (TPSA) is 40.5 Å². The molecule has 2 saturated carbocycles. The molecule has 2 rings (SSSR count). The molecule has 98 valence electrons. The van der Waals surface area contributed by atoms with E-state index in [1.165, 1.54) is 25.7 Å². The molecule has 1 atom stereocenters. The van der Waals surface area contributed by atoms with E-state index in [9.17, 15) is 9.90 Å². The van der Waals surface area contributed by atoms with Crippen molar-refractivity contribution >= 4 is 5.97 Å². The minimum atomic E-state index is -0.624. The predicted octanol–water partition coefficient (Wildman–Crippen LogP) is 2.75. The number of carboxylic acid groups (broad SMARTS) is 1. The van der Waals surface area contributed by atoms with Crippen molar-refractivity contribution in [2.75, 3.05) is 13.1 Å². The maximum Gasteiger partial charge on any atom is 0.310 e. The van der Waals surface area contributed by atoms with Crippen molar-refractivity contribution < 1.29 is 9.90 Å². The first-order valence-corrected chi connectivity index (χ1v) is 7.02. The van der Waals surface area contributed by atoms with Gasteiger partial charge in [0.25, 0.3) is 0 Å². The first-order chi connectivity index (χ1) is 8.05. The number of aliphatic carboxylic acids is 1. The molecule has 0 spiro atoms. The van der Waals surface area contributed by atoms with Crippen molar-refractivity contribution in [3.8, 4) is 0 Å². The number of hydrogen-bond donors (Lipinski definition) is 1. The molecular formula is C14H25NO2. The third-order valence-corrected chi connectivity index (χ3v) is 4.12. The molecule has 1 unspecified atom stereocenters. The lowest BCUT2D eigenvalue weighted by Gasteiger charge is -2.32. The third kappa shape index (κ3) is 3.44. The van der Waals surface area contributed by atoms with Crippen molar-refractivity contribution in [2.45, 2.75) is 58.4 Å². The van der Waals surface area contributed by atoms with E-state index in [2.05, 4.69) is 11.8 Å². The van der Waals surface area contributed by atoms with Crippen LogP contribution < -0.4 is 0 Å². The average Bonchev–Trinajstić information content (AvgIpc) is 3.12. The van der Waals surface area contributed by atoms with Crippen LogP contribution in [0.15, 0.2) is 0 Å². The van der Waals surface area contributed by atoms with Crippen LogP contribution in [0.5, 0.6) is 0 Å². The van der Waals surface area contributed by atoms with E-state index >= 15 is 0 Å². The van der Waals surface area contributed by atoms with Crippen LogP contribution in [0, 0.1) is 11.3 Å². The van der Waals surface area contributed by atoms with Crippen molar-refractivity contribution in [2.24, 2.45) is 11.3 Å². The molecule has 2 aliphatic carbocycles. The Morgan fingerprint density at radius 1 is 1.35 bits per heavy atom. The lowest BCUT2D eigenvalue weighted by Crippen LogP contribution is -2.43. The molecule has 0 amide bonds. The molecular weight excluding hydrogens is 214 g/mol. The maximum atomic E-state index is 11.5. The zero-order valence-electron chi connectivity index (χ0n) is 11.1. The second kappa shape index (κ2) is 4.97. The molecule has 0 aliphatic heterocycles. The van der Waals surface area contributed by atoms with E-state index in [1.807, 2.05) is 6.92 Å². The Bertz CT molecular complexity index is 284. The highest BCUT2D eigenvalue weighted by Gasteiger charge is 2.40. The number of hydrogen-bond acceptors (Lipinski definition) is 2. The zero-order chi connectivity index (χ0) is 12.5. The van der Waals surface area contributed by atoms with E-state index in [0.29, 0.717) is 6.04 Å². The van der Waals surface area contributed by atoms with Crippen LogP contribution in [-0.4, -0.2) is 35.1 Å². The van der Waals surface area contributed by atoms with Gasteiger partial charge in [-0.3, -0.25) is 9.69 Å². The Hall–Kier alpha value is -0.570. The number of nitrogens with zero attached hydrogens (tertiary/aromatic N) is 1. The molecule has 2 aliphatic rings. The van der Waals surface area contributed by atoms with Crippen molar-refractivity contribution in [3.63, 3.8) is 0 Å². The molecule has 0 aromatic rings. The van der Waals surface area contributed by atoms with Gasteiger partial charge in [0.15, 0.2) is 0 Å². The molecule has 0 bridgehead atoms. The summed E-state index contributed by atoms with van der Waals surface area (Å²) >= 11 is 0. The molecule has 0 radical (unpaired) electrons. The van der Waals surface area contributed by atoms with Crippen LogP contribution in [0.1, 0.15) is 52.4 Å². The fourth-order valence-corrected chi connectivity index (χ4v) is 2.67. The van der Waals surface area contributed by atoms with Crippen LogP contribution in [0.2, 0.25) is 0 Å². The van der Waals surface area contributed by atoms with Crippen LogP contribution in [0.3, 0.4) is 0 Å². The molecule has 17 heavy (non-hydrogen) atoms. The average molecular weight is 239 g/mol. The SMILES string of the molecule is CCCC(C)(CN(CC1CC1)C1CC1)C(=O)O. The lowest BCUT2D eigenvalue weighted by molar-refractivity contribution is -0.149. The second-order valence-corrected chi connectivity index (χ2v) is 6.22. The first kappa shape index (κ1) is 12.9. The van der Waals surface area contributed by atoms with Crippen LogP contribution in [0.4, 0.5) is 0 Å². The van der Waals surface area contributed by atoms with Crippen molar-refractivity contribution in [3.05, 3.63) is 0 Å². The highest BCUT2D eigenvalue weighted by Crippen LogP contribution is 2.37. The zero-order valence-corrected chi connectivity index (χ0v) is 11.1. The van der Waals surface area contributed by atoms with Gasteiger partial charge in [-0.05, 0) is 44.9 Å². The lowest BCUT2D eigenvalue weighted by atomic mass is 9.85. The summed E-state index contributed by atoms with van der Waals surface area (Å²) in [4.78, 5) is 13.9. The fraction of sp³-hybridized carbons (Fsp3) is 0.929. The van der Waals surface area contributed by atoms with Gasteiger partial charge in [0.2, 0.25) is 0 Å². The second-order valence-electron chi connectivity index (χ2n) is 6.22. The summed E-state index contributed by atoms with van der Waals surface area (Å²) in [5, 5.41) is 9.44. The van der Waals surface area contributed by atoms with E-state index in [0.717, 1.165) is 31.8 Å². The Balaban J connectivity index is 1.95. The monoisotopic (exact) mass is 239 g/mol. The smallest absolute Gasteiger partial charge is 0.310 e. The standard InChI is InChI=1S/C14H25NO2/c1-3-8-14(2,13(16)17)10-15(12-6-7-12)9-11-4-5-11/h11-12H,3-10H2,1-2H3,(H,16,17). The van der Waals surface area contributed by atoms with Gasteiger partial charge in [-0.2, -0.15) is 0 Å². The Morgan fingerprint density at radius 2 is 2.00 bits per heavy atom. The third-order valence-electron chi connectivity index (χ3n) is 4.12. The summed E-state index contributed by atoms with van der Waals surface area (Å²) in [5.41, 5.74) is -0.549. The normalized spacial score (nSPS) is 23.7. The van der Waals surface area contributed by atoms with Gasteiger partial charge < -0.3 is 5.11 Å². The van der Waals surface area contributed by atoms with E-state index in [4.69, 9.17) is 0 Å². The van der Waals surface area contributed by atoms with Crippen LogP contribution in [0.25, 0.3) is 0 Å². The van der Waals surface area contributed by atoms with E-state index in [-0.39, 0.29) is 0 Å². The summed E-state index contributed by atoms with van der Waals surface area (Å²) in [6, 6.07) is 0.686. The van der Waals surface area contributed by atoms with Gasteiger partial charge in [0.1, 0.15) is 0 Å². The van der Waals surface area contributed by atoms with Gasteiger partial charge in [-0.1, -0.05) is 13.3 Å². The molecule has 0 heterocycles. The van der Waals surface area contributed by atoms with Crippen LogP contribution >= 0.6 is 0 Å². The molecule has 3 nitrogen and oxygen atoms in total. The van der Waals surface area contributed by atoms with Gasteiger partial charge in [-0.15, -0.1) is 0 Å². The minimum Gasteiger partial charge on any atom is -0.481 e. The fourth-order valence-electron chi connectivity index (χ4n) is 2.67. The maximum absolute atomic E-state index is 11.5. The summed E-state index contributed by atoms with van der Waals surface area (Å²) < 4.78 is 0. The summed E-state index contributed by atoms with van der Waals surface area (Å²) in [6.07, 6.45) is 6.98. The van der Waals surface area contributed by atoms with E-state index in [1.54, 1.807) is 0 Å². The van der Waals surface area contributed by atoms with Gasteiger partial charge in [-0.25, -0.2) is 0 Å². The molecule has 0 aromatic heterocycles. The number of carbonyl (C=O) groups is 1. The molecule has 2 fully saturated rings. The molecule has 1 N–H and O–H groups in total. The largest absolute Gasteiger partial charge is 0.481 e. The van der Waals surface area contributed by atoms with E-state index < -0.39 is 11.4 Å². The predicted molar refractivity (Wildman–Crippen MR) is 68.0 cm³/mol. The summed E-state index contributed by atoms with van der Waals surface area (Å²) in [6.45, 7) is 5.87.